The van der Waals surface area contributed by atoms with Gasteiger partial charge in [-0.3, -0.25) is 14.6 Å². The van der Waals surface area contributed by atoms with Crippen LogP contribution < -0.4 is 5.32 Å². The molecule has 0 saturated heterocycles. The normalized spacial score (nSPS) is 13.4. The number of carbonyl (C=O) groups excluding carboxylic acids is 3. The Morgan fingerprint density at radius 3 is 2.64 bits per heavy atom. The highest BCUT2D eigenvalue weighted by Crippen LogP contribution is 2.34. The fourth-order valence-electron chi connectivity index (χ4n) is 2.05. The van der Waals surface area contributed by atoms with Crippen LogP contribution in [0.15, 0.2) is 4.99 Å². The van der Waals surface area contributed by atoms with Gasteiger partial charge < -0.3 is 15.0 Å². The summed E-state index contributed by atoms with van der Waals surface area (Å²) in [5.41, 5.74) is 0.734. The zero-order valence-electron chi connectivity index (χ0n) is 14.4. The first-order chi connectivity index (χ1) is 11.8. The van der Waals surface area contributed by atoms with Crippen molar-refractivity contribution in [2.45, 2.75) is 6.92 Å². The largest absolute Gasteiger partial charge is 0.465 e. The smallest absolute Gasteiger partial charge is 0.341 e. The van der Waals surface area contributed by atoms with Crippen molar-refractivity contribution in [1.29, 1.82) is 0 Å². The number of thioether (sulfide) groups is 2. The van der Waals surface area contributed by atoms with Crippen LogP contribution in [0.2, 0.25) is 0 Å². The van der Waals surface area contributed by atoms with E-state index in [9.17, 15) is 14.4 Å². The molecule has 7 nitrogen and oxygen atoms in total. The molecule has 0 fully saturated rings. The van der Waals surface area contributed by atoms with E-state index in [-0.39, 0.29) is 23.1 Å². The van der Waals surface area contributed by atoms with E-state index in [1.165, 1.54) is 23.8 Å². The summed E-state index contributed by atoms with van der Waals surface area (Å²) in [4.78, 5) is 42.7. The Labute approximate surface area is 158 Å². The lowest BCUT2D eigenvalue weighted by Crippen LogP contribution is -2.21. The Bertz CT molecular complexity index is 728. The average molecular weight is 402 g/mol. The number of ether oxygens (including phenoxy) is 1. The molecule has 136 valence electrons. The number of esters is 1. The van der Waals surface area contributed by atoms with Crippen molar-refractivity contribution >= 4 is 62.0 Å². The van der Waals surface area contributed by atoms with Gasteiger partial charge >= 0.3 is 5.97 Å². The molecule has 2 amide bonds. The maximum Gasteiger partial charge on any atom is 0.341 e. The highest BCUT2D eigenvalue weighted by molar-refractivity contribution is 8.39. The second kappa shape index (κ2) is 8.72. The Morgan fingerprint density at radius 2 is 2.08 bits per heavy atom. The molecule has 0 unspecified atom stereocenters. The number of anilines is 1. The molecular formula is C15H19N3O4S3. The van der Waals surface area contributed by atoms with Crippen molar-refractivity contribution in [3.8, 4) is 0 Å². The summed E-state index contributed by atoms with van der Waals surface area (Å²) in [7, 11) is 4.53. The predicted octanol–water partition coefficient (Wildman–Crippen LogP) is 2.32. The maximum atomic E-state index is 12.3. The van der Waals surface area contributed by atoms with Gasteiger partial charge in [0.15, 0.2) is 0 Å². The van der Waals surface area contributed by atoms with Gasteiger partial charge in [-0.25, -0.2) is 4.79 Å². The first-order valence-corrected chi connectivity index (χ1v) is 10.2. The van der Waals surface area contributed by atoms with E-state index in [1.807, 2.05) is 0 Å². The quantitative estimate of drug-likeness (QED) is 0.762. The SMILES string of the molecule is COC(=O)c1c(NC(=O)CSC2=NCCS2)sc(C(=O)N(C)C)c1C. The molecule has 1 N–H and O–H groups in total. The molecular weight excluding hydrogens is 382 g/mol. The number of thiophene rings is 1. The number of methoxy groups -OCH3 is 1. The van der Waals surface area contributed by atoms with E-state index in [2.05, 4.69) is 10.3 Å². The number of carbonyl (C=O) groups is 3. The number of nitrogens with one attached hydrogen (secondary N) is 1. The van der Waals surface area contributed by atoms with Gasteiger partial charge in [-0.1, -0.05) is 23.5 Å². The minimum absolute atomic E-state index is 0.195. The van der Waals surface area contributed by atoms with Crippen LogP contribution >= 0.6 is 34.9 Å². The van der Waals surface area contributed by atoms with Crippen LogP contribution in [0.25, 0.3) is 0 Å². The Hall–Kier alpha value is -1.52. The number of rotatable bonds is 5. The van der Waals surface area contributed by atoms with Gasteiger partial charge in [-0.05, 0) is 12.5 Å². The second-order valence-corrected chi connectivity index (χ2v) is 8.61. The van der Waals surface area contributed by atoms with Gasteiger partial charge in [0, 0.05) is 19.8 Å². The van der Waals surface area contributed by atoms with E-state index in [4.69, 9.17) is 4.74 Å². The van der Waals surface area contributed by atoms with Crippen LogP contribution in [0.1, 0.15) is 25.6 Å². The number of hydrogen-bond donors (Lipinski definition) is 1. The van der Waals surface area contributed by atoms with Crippen LogP contribution in [0.4, 0.5) is 5.00 Å². The van der Waals surface area contributed by atoms with Gasteiger partial charge in [0.1, 0.15) is 9.38 Å². The molecule has 0 radical (unpaired) electrons. The molecule has 2 heterocycles. The molecule has 2 rings (SSSR count). The van der Waals surface area contributed by atoms with E-state index in [0.717, 1.165) is 28.0 Å². The maximum absolute atomic E-state index is 12.3. The van der Waals surface area contributed by atoms with Gasteiger partial charge in [-0.2, -0.15) is 0 Å². The summed E-state index contributed by atoms with van der Waals surface area (Å²) in [6.45, 7) is 2.45. The average Bonchev–Trinajstić information content (AvgIpc) is 3.19. The number of amides is 2. The molecule has 0 atom stereocenters. The van der Waals surface area contributed by atoms with Gasteiger partial charge in [0.25, 0.3) is 5.91 Å². The Balaban J connectivity index is 2.19. The molecule has 1 aliphatic heterocycles. The van der Waals surface area contributed by atoms with Crippen molar-refractivity contribution in [3.05, 3.63) is 16.0 Å². The van der Waals surface area contributed by atoms with Gasteiger partial charge in [0.05, 0.1) is 29.8 Å². The topological polar surface area (TPSA) is 88.1 Å². The molecule has 1 aliphatic rings. The van der Waals surface area contributed by atoms with Crippen LogP contribution in [-0.2, 0) is 9.53 Å². The summed E-state index contributed by atoms with van der Waals surface area (Å²) in [5, 5.41) is 3.06. The molecule has 0 aromatic carbocycles. The lowest BCUT2D eigenvalue weighted by atomic mass is 10.1. The van der Waals surface area contributed by atoms with Crippen molar-refractivity contribution in [1.82, 2.24) is 4.90 Å². The first kappa shape index (κ1) is 19.8. The van der Waals surface area contributed by atoms with Crippen molar-refractivity contribution in [3.63, 3.8) is 0 Å². The third kappa shape index (κ3) is 4.77. The van der Waals surface area contributed by atoms with Gasteiger partial charge in [-0.15, -0.1) is 11.3 Å². The molecule has 0 saturated carbocycles. The zero-order chi connectivity index (χ0) is 18.6. The molecule has 0 bridgehead atoms. The molecule has 10 heteroatoms. The molecule has 0 spiro atoms. The summed E-state index contributed by atoms with van der Waals surface area (Å²) < 4.78 is 5.70. The second-order valence-electron chi connectivity index (χ2n) is 5.28. The predicted molar refractivity (Wildman–Crippen MR) is 104 cm³/mol. The van der Waals surface area contributed by atoms with Crippen LogP contribution in [0, 0.1) is 6.92 Å². The summed E-state index contributed by atoms with van der Waals surface area (Å²) in [5.74, 6) is 0.0802. The summed E-state index contributed by atoms with van der Waals surface area (Å²) in [6, 6.07) is 0. The fourth-order valence-corrected chi connectivity index (χ4v) is 5.09. The summed E-state index contributed by atoms with van der Waals surface area (Å²) >= 11 is 4.08. The van der Waals surface area contributed by atoms with E-state index in [1.54, 1.807) is 32.8 Å². The van der Waals surface area contributed by atoms with E-state index >= 15 is 0 Å². The van der Waals surface area contributed by atoms with E-state index in [0.29, 0.717) is 15.4 Å². The fraction of sp³-hybridized carbons (Fsp3) is 0.467. The van der Waals surface area contributed by atoms with Crippen molar-refractivity contribution in [2.24, 2.45) is 4.99 Å². The van der Waals surface area contributed by atoms with Crippen LogP contribution in [0.3, 0.4) is 0 Å². The van der Waals surface area contributed by atoms with Crippen molar-refractivity contribution < 1.29 is 19.1 Å². The van der Waals surface area contributed by atoms with Crippen LogP contribution in [0.5, 0.6) is 0 Å². The monoisotopic (exact) mass is 401 g/mol. The third-order valence-corrected chi connectivity index (χ3v) is 6.72. The lowest BCUT2D eigenvalue weighted by Gasteiger charge is -2.08. The lowest BCUT2D eigenvalue weighted by molar-refractivity contribution is -0.113. The number of hydrogen-bond acceptors (Lipinski definition) is 8. The minimum atomic E-state index is -0.578. The standard InChI is InChI=1S/C15H19N3O4S3/c1-8-10(14(21)22-4)12(25-11(8)13(20)18(2)3)17-9(19)7-24-15-16-5-6-23-15/h5-7H2,1-4H3,(H,17,19). The first-order valence-electron chi connectivity index (χ1n) is 7.38. The molecule has 25 heavy (non-hydrogen) atoms. The number of nitrogens with zero attached hydrogens (tertiary/aromatic N) is 2. The Morgan fingerprint density at radius 1 is 1.36 bits per heavy atom. The molecule has 1 aromatic heterocycles. The van der Waals surface area contributed by atoms with Crippen molar-refractivity contribution in [2.75, 3.05) is 44.6 Å². The summed E-state index contributed by atoms with van der Waals surface area (Å²) in [6.07, 6.45) is 0. The highest BCUT2D eigenvalue weighted by atomic mass is 32.2. The molecule has 0 aliphatic carbocycles. The van der Waals surface area contributed by atoms with Crippen LogP contribution in [-0.4, -0.2) is 66.3 Å². The zero-order valence-corrected chi connectivity index (χ0v) is 16.8. The third-order valence-electron chi connectivity index (χ3n) is 3.27. The van der Waals surface area contributed by atoms with E-state index < -0.39 is 5.97 Å². The minimum Gasteiger partial charge on any atom is -0.465 e. The highest BCUT2D eigenvalue weighted by Gasteiger charge is 2.27. The number of aliphatic imine (C=N–C) groups is 1. The Kier molecular flexibility index (Phi) is 6.91. The van der Waals surface area contributed by atoms with Gasteiger partial charge in [0.2, 0.25) is 5.91 Å². The molecule has 1 aromatic rings.